The fraction of sp³-hybridized carbons (Fsp3) is 0.296. The van der Waals surface area contributed by atoms with E-state index in [0.717, 1.165) is 25.9 Å². The molecule has 1 saturated heterocycles. The van der Waals surface area contributed by atoms with E-state index >= 15 is 4.39 Å². The first-order valence-corrected chi connectivity index (χ1v) is 13.3. The fourth-order valence-electron chi connectivity index (χ4n) is 5.06. The lowest BCUT2D eigenvalue weighted by Crippen LogP contribution is -2.44. The molecule has 0 bridgehead atoms. The van der Waals surface area contributed by atoms with Crippen LogP contribution in [0, 0.1) is 23.0 Å². The molecule has 5 rings (SSSR count). The smallest absolute Gasteiger partial charge is 0.181 e. The number of benzene rings is 2. The summed E-state index contributed by atoms with van der Waals surface area (Å²) in [5.41, 5.74) is 11.8. The SMILES string of the molecule is CN[C@@H]1CCCN(c2nccn3c(-c4cc(N)c(N(C)NC)c(Br)c4F)c(-c4ccc(C#N)c(F)c4)nc23)C1. The molecule has 1 aliphatic heterocycles. The Bertz CT molecular complexity index is 1600. The number of piperidine rings is 1. The van der Waals surface area contributed by atoms with Crippen molar-refractivity contribution in [1.82, 2.24) is 25.1 Å². The van der Waals surface area contributed by atoms with Crippen LogP contribution in [0.25, 0.3) is 28.2 Å². The average molecular weight is 596 g/mol. The van der Waals surface area contributed by atoms with E-state index < -0.39 is 11.6 Å². The maximum absolute atomic E-state index is 16.1. The summed E-state index contributed by atoms with van der Waals surface area (Å²) < 4.78 is 32.8. The van der Waals surface area contributed by atoms with Crippen molar-refractivity contribution in [3.63, 3.8) is 0 Å². The number of hydrazine groups is 1. The quantitative estimate of drug-likeness (QED) is 0.223. The second-order valence-corrected chi connectivity index (χ2v) is 10.2. The molecule has 1 fully saturated rings. The van der Waals surface area contributed by atoms with Crippen molar-refractivity contribution < 1.29 is 8.78 Å². The number of nitrogens with two attached hydrogens (primary N) is 1. The topological polar surface area (TPSA) is 111 Å². The lowest BCUT2D eigenvalue weighted by Gasteiger charge is -2.33. The third-order valence-electron chi connectivity index (χ3n) is 7.15. The van der Waals surface area contributed by atoms with E-state index in [9.17, 15) is 9.65 Å². The highest BCUT2D eigenvalue weighted by molar-refractivity contribution is 9.10. The molecule has 3 heterocycles. The number of nitriles is 1. The van der Waals surface area contributed by atoms with Crippen molar-refractivity contribution in [1.29, 1.82) is 5.26 Å². The Balaban J connectivity index is 1.80. The first-order chi connectivity index (χ1) is 18.8. The van der Waals surface area contributed by atoms with Crippen molar-refractivity contribution in [3.8, 4) is 28.6 Å². The molecule has 0 saturated carbocycles. The molecule has 0 amide bonds. The number of imidazole rings is 1. The summed E-state index contributed by atoms with van der Waals surface area (Å²) in [5.74, 6) is -0.584. The second kappa shape index (κ2) is 10.8. The summed E-state index contributed by atoms with van der Waals surface area (Å²) in [4.78, 5) is 11.7. The minimum Gasteiger partial charge on any atom is -0.397 e. The summed E-state index contributed by atoms with van der Waals surface area (Å²) >= 11 is 3.39. The zero-order chi connectivity index (χ0) is 27.8. The van der Waals surface area contributed by atoms with Gasteiger partial charge in [0, 0.05) is 56.7 Å². The maximum atomic E-state index is 16.1. The molecule has 39 heavy (non-hydrogen) atoms. The van der Waals surface area contributed by atoms with Crippen molar-refractivity contribution in [2.24, 2.45) is 0 Å². The average Bonchev–Trinajstić information content (AvgIpc) is 3.34. The van der Waals surface area contributed by atoms with Gasteiger partial charge in [-0.25, -0.2) is 24.2 Å². The molecule has 4 aromatic rings. The highest BCUT2D eigenvalue weighted by atomic mass is 79.9. The van der Waals surface area contributed by atoms with Gasteiger partial charge in [0.25, 0.3) is 0 Å². The van der Waals surface area contributed by atoms with Crippen LogP contribution in [0.1, 0.15) is 18.4 Å². The normalized spacial score (nSPS) is 15.5. The minimum absolute atomic E-state index is 0.0875. The predicted octanol–water partition coefficient (Wildman–Crippen LogP) is 4.32. The number of nitrogens with zero attached hydrogens (tertiary/aromatic N) is 6. The van der Waals surface area contributed by atoms with Crippen LogP contribution in [0.2, 0.25) is 0 Å². The molecule has 2 aromatic heterocycles. The number of rotatable bonds is 6. The summed E-state index contributed by atoms with van der Waals surface area (Å²) in [6.45, 7) is 1.54. The molecule has 1 aliphatic rings. The molecule has 2 aromatic carbocycles. The van der Waals surface area contributed by atoms with Crippen LogP contribution in [-0.4, -0.2) is 54.6 Å². The van der Waals surface area contributed by atoms with Gasteiger partial charge in [0.2, 0.25) is 0 Å². The van der Waals surface area contributed by atoms with Gasteiger partial charge in [-0.3, -0.25) is 4.40 Å². The van der Waals surface area contributed by atoms with Crippen molar-refractivity contribution >= 4 is 38.8 Å². The molecule has 0 radical (unpaired) electrons. The van der Waals surface area contributed by atoms with Crippen molar-refractivity contribution in [2.45, 2.75) is 18.9 Å². The number of nitrogens with one attached hydrogen (secondary N) is 2. The van der Waals surface area contributed by atoms with Crippen LogP contribution in [0.3, 0.4) is 0 Å². The number of hydrogen-bond donors (Lipinski definition) is 3. The van der Waals surface area contributed by atoms with Crippen LogP contribution in [-0.2, 0) is 0 Å². The zero-order valence-corrected chi connectivity index (χ0v) is 23.4. The van der Waals surface area contributed by atoms with Crippen LogP contribution >= 0.6 is 15.9 Å². The number of likely N-dealkylation sites (N-methyl/N-ethyl adjacent to an activating group) is 1. The fourth-order valence-corrected chi connectivity index (χ4v) is 5.77. The third kappa shape index (κ3) is 4.67. The van der Waals surface area contributed by atoms with Gasteiger partial charge in [-0.1, -0.05) is 6.07 Å². The Morgan fingerprint density at radius 3 is 2.74 bits per heavy atom. The zero-order valence-electron chi connectivity index (χ0n) is 21.8. The Morgan fingerprint density at radius 1 is 1.26 bits per heavy atom. The lowest BCUT2D eigenvalue weighted by atomic mass is 10.0. The molecular formula is C27H28BrF2N9. The van der Waals surface area contributed by atoms with Crippen molar-refractivity contribution in [3.05, 3.63) is 58.3 Å². The van der Waals surface area contributed by atoms with Gasteiger partial charge in [-0.2, -0.15) is 5.26 Å². The van der Waals surface area contributed by atoms with E-state index in [2.05, 4.69) is 36.6 Å². The molecule has 1 atom stereocenters. The van der Waals surface area contributed by atoms with Crippen molar-refractivity contribution in [2.75, 3.05) is 49.9 Å². The van der Waals surface area contributed by atoms with Gasteiger partial charge in [-0.05, 0) is 54.0 Å². The van der Waals surface area contributed by atoms with E-state index in [4.69, 9.17) is 10.7 Å². The molecule has 12 heteroatoms. The number of halogens is 3. The van der Waals surface area contributed by atoms with E-state index in [-0.39, 0.29) is 15.6 Å². The maximum Gasteiger partial charge on any atom is 0.181 e. The molecular weight excluding hydrogens is 568 g/mol. The first kappa shape index (κ1) is 26.8. The number of nitrogen functional groups attached to an aromatic ring is 1. The monoisotopic (exact) mass is 595 g/mol. The first-order valence-electron chi connectivity index (χ1n) is 12.5. The van der Waals surface area contributed by atoms with Crippen LogP contribution in [0.15, 0.2) is 41.1 Å². The number of anilines is 3. The largest absolute Gasteiger partial charge is 0.397 e. The van der Waals surface area contributed by atoms with Crippen LogP contribution < -0.4 is 26.4 Å². The third-order valence-corrected chi connectivity index (χ3v) is 7.88. The number of fused-ring (bicyclic) bond motifs is 1. The highest BCUT2D eigenvalue weighted by Gasteiger charge is 2.28. The molecule has 202 valence electrons. The van der Waals surface area contributed by atoms with Gasteiger partial charge in [0.05, 0.1) is 32.8 Å². The molecule has 0 spiro atoms. The van der Waals surface area contributed by atoms with Gasteiger partial charge < -0.3 is 21.0 Å². The van der Waals surface area contributed by atoms with E-state index in [1.165, 1.54) is 12.1 Å². The minimum atomic E-state index is -0.684. The standard InChI is InChI=1S/C27H28BrF2N9/c1-33-17-5-4-9-38(14-17)26-27-36-23(15-6-7-16(13-31)19(29)11-15)24(39(27)10-8-35-26)18-12-20(32)25(37(3)34-2)21(28)22(18)30/h6-8,10-12,17,33-34H,4-5,9,14,32H2,1-3H3/t17-/m1/s1. The summed E-state index contributed by atoms with van der Waals surface area (Å²) in [5, 5.41) is 14.2. The van der Waals surface area contributed by atoms with Crippen LogP contribution in [0.5, 0.6) is 0 Å². The Labute approximate surface area is 233 Å². The van der Waals surface area contributed by atoms with Crippen LogP contribution in [0.4, 0.5) is 26.0 Å². The van der Waals surface area contributed by atoms with E-state index in [0.29, 0.717) is 45.8 Å². The van der Waals surface area contributed by atoms with E-state index in [1.54, 1.807) is 48.0 Å². The Hall–Kier alpha value is -3.79. The molecule has 9 nitrogen and oxygen atoms in total. The van der Waals surface area contributed by atoms with E-state index in [1.807, 2.05) is 13.1 Å². The Kier molecular flexibility index (Phi) is 7.40. The molecule has 0 aliphatic carbocycles. The summed E-state index contributed by atoms with van der Waals surface area (Å²) in [6, 6.07) is 7.93. The summed E-state index contributed by atoms with van der Waals surface area (Å²) in [7, 11) is 5.37. The summed E-state index contributed by atoms with van der Waals surface area (Å²) in [6.07, 6.45) is 5.39. The highest BCUT2D eigenvalue weighted by Crippen LogP contribution is 2.43. The van der Waals surface area contributed by atoms with Gasteiger partial charge >= 0.3 is 0 Å². The predicted molar refractivity (Wildman–Crippen MR) is 152 cm³/mol. The van der Waals surface area contributed by atoms with Gasteiger partial charge in [0.1, 0.15) is 17.7 Å². The molecule has 4 N–H and O–H groups in total. The Morgan fingerprint density at radius 2 is 2.05 bits per heavy atom. The molecule has 0 unspecified atom stereocenters. The number of hydrogen-bond acceptors (Lipinski definition) is 8. The van der Waals surface area contributed by atoms with Gasteiger partial charge in [-0.15, -0.1) is 0 Å². The lowest BCUT2D eigenvalue weighted by molar-refractivity contribution is 0.448. The second-order valence-electron chi connectivity index (χ2n) is 9.41. The number of aromatic nitrogens is 3. The van der Waals surface area contributed by atoms with Gasteiger partial charge in [0.15, 0.2) is 11.5 Å².